The number of aromatic nitrogens is 2. The largest absolute Gasteiger partial charge is 0.459 e. The molecule has 2 aliphatic rings. The van der Waals surface area contributed by atoms with Crippen molar-refractivity contribution in [3.63, 3.8) is 0 Å². The molecule has 0 amide bonds. The summed E-state index contributed by atoms with van der Waals surface area (Å²) in [6.45, 7) is 6.43. The molecule has 1 aliphatic carbocycles. The van der Waals surface area contributed by atoms with E-state index in [-0.39, 0.29) is 11.9 Å². The van der Waals surface area contributed by atoms with Gasteiger partial charge in [0.15, 0.2) is 0 Å². The predicted octanol–water partition coefficient (Wildman–Crippen LogP) is 2.27. The van der Waals surface area contributed by atoms with Gasteiger partial charge in [0.2, 0.25) is 11.3 Å². The zero-order chi connectivity index (χ0) is 19.7. The molecule has 3 rings (SSSR count). The van der Waals surface area contributed by atoms with Crippen molar-refractivity contribution in [1.29, 1.82) is 0 Å². The minimum Gasteiger partial charge on any atom is -0.459 e. The third-order valence-corrected chi connectivity index (χ3v) is 6.41. The first-order chi connectivity index (χ1) is 12.8. The third kappa shape index (κ3) is 4.45. The Labute approximate surface area is 160 Å². The molecule has 0 unspecified atom stereocenters. The van der Waals surface area contributed by atoms with Crippen LogP contribution in [0.15, 0.2) is 15.8 Å². The standard InChI is InChI=1S/C18H25FN2O5S/c1-9(2)11-5-4-10(3)6-13(11)25-16(23)17-26-14(8-27-17)21-7-12(19)15(22)20-18(21)24/h7,9-11,13-14,17H,4-6,8H2,1-3H3,(H,20,22,24)/t10-,11+,13-,14+,17-/m1/s1. The number of halogens is 1. The van der Waals surface area contributed by atoms with Gasteiger partial charge in [0.25, 0.3) is 5.56 Å². The molecule has 2 heterocycles. The fourth-order valence-corrected chi connectivity index (χ4v) is 4.77. The fourth-order valence-electron chi connectivity index (χ4n) is 3.79. The Morgan fingerprint density at radius 1 is 1.41 bits per heavy atom. The van der Waals surface area contributed by atoms with E-state index in [9.17, 15) is 18.8 Å². The highest BCUT2D eigenvalue weighted by Crippen LogP contribution is 2.37. The van der Waals surface area contributed by atoms with Crippen molar-refractivity contribution >= 4 is 17.7 Å². The number of thioether (sulfide) groups is 1. The monoisotopic (exact) mass is 400 g/mol. The molecule has 27 heavy (non-hydrogen) atoms. The second-order valence-electron chi connectivity index (χ2n) is 7.70. The number of hydrogen-bond donors (Lipinski definition) is 1. The molecule has 9 heteroatoms. The second-order valence-corrected chi connectivity index (χ2v) is 8.80. The molecule has 1 N–H and O–H groups in total. The van der Waals surface area contributed by atoms with Gasteiger partial charge >= 0.3 is 11.7 Å². The Balaban J connectivity index is 1.66. The molecule has 150 valence electrons. The molecular weight excluding hydrogens is 375 g/mol. The first-order valence-electron chi connectivity index (χ1n) is 9.24. The van der Waals surface area contributed by atoms with Gasteiger partial charge in [-0.1, -0.05) is 27.2 Å². The first-order valence-corrected chi connectivity index (χ1v) is 10.3. The van der Waals surface area contributed by atoms with Crippen LogP contribution in [-0.2, 0) is 14.3 Å². The normalized spacial score (nSPS) is 31.2. The summed E-state index contributed by atoms with van der Waals surface area (Å²) < 4.78 is 25.8. The average molecular weight is 400 g/mol. The number of carbonyl (C=O) groups is 1. The van der Waals surface area contributed by atoms with Crippen molar-refractivity contribution in [2.75, 3.05) is 5.75 Å². The van der Waals surface area contributed by atoms with Crippen molar-refractivity contribution in [3.05, 3.63) is 32.9 Å². The van der Waals surface area contributed by atoms with Crippen LogP contribution < -0.4 is 11.2 Å². The maximum atomic E-state index is 13.5. The van der Waals surface area contributed by atoms with Crippen LogP contribution in [-0.4, -0.2) is 32.8 Å². The molecule has 0 spiro atoms. The molecule has 7 nitrogen and oxygen atoms in total. The summed E-state index contributed by atoms with van der Waals surface area (Å²) in [6.07, 6.45) is 2.83. The Kier molecular flexibility index (Phi) is 6.10. The highest BCUT2D eigenvalue weighted by Gasteiger charge is 2.39. The van der Waals surface area contributed by atoms with Gasteiger partial charge in [-0.15, -0.1) is 11.8 Å². The first kappa shape index (κ1) is 20.1. The zero-order valence-electron chi connectivity index (χ0n) is 15.6. The Morgan fingerprint density at radius 2 is 2.15 bits per heavy atom. The number of rotatable bonds is 4. The minimum absolute atomic E-state index is 0.141. The number of esters is 1. The van der Waals surface area contributed by atoms with Crippen molar-refractivity contribution in [3.8, 4) is 0 Å². The number of nitrogens with zero attached hydrogens (tertiary/aromatic N) is 1. The molecule has 0 aromatic carbocycles. The summed E-state index contributed by atoms with van der Waals surface area (Å²) in [5, 5.41) is 0. The van der Waals surface area contributed by atoms with Gasteiger partial charge in [-0.05, 0) is 30.6 Å². The lowest BCUT2D eigenvalue weighted by molar-refractivity contribution is -0.166. The second kappa shape index (κ2) is 8.18. The summed E-state index contributed by atoms with van der Waals surface area (Å²) in [5.74, 6) is -0.0215. The predicted molar refractivity (Wildman–Crippen MR) is 98.9 cm³/mol. The number of hydrogen-bond acceptors (Lipinski definition) is 6. The maximum Gasteiger partial charge on any atom is 0.346 e. The summed E-state index contributed by atoms with van der Waals surface area (Å²) in [5.41, 5.74) is -2.73. The van der Waals surface area contributed by atoms with Gasteiger partial charge in [-0.2, -0.15) is 4.39 Å². The summed E-state index contributed by atoms with van der Waals surface area (Å²) in [7, 11) is 0. The molecule has 1 saturated carbocycles. The maximum absolute atomic E-state index is 13.5. The van der Waals surface area contributed by atoms with Gasteiger partial charge in [0.05, 0.1) is 6.20 Å². The van der Waals surface area contributed by atoms with E-state index in [4.69, 9.17) is 9.47 Å². The summed E-state index contributed by atoms with van der Waals surface area (Å²) in [4.78, 5) is 37.5. The highest BCUT2D eigenvalue weighted by molar-refractivity contribution is 8.00. The fraction of sp³-hybridized carbons (Fsp3) is 0.722. The van der Waals surface area contributed by atoms with E-state index >= 15 is 0 Å². The van der Waals surface area contributed by atoms with Crippen LogP contribution >= 0.6 is 11.8 Å². The molecule has 1 aromatic rings. The quantitative estimate of drug-likeness (QED) is 0.780. The molecule has 0 bridgehead atoms. The van der Waals surface area contributed by atoms with Crippen molar-refractivity contribution in [1.82, 2.24) is 9.55 Å². The van der Waals surface area contributed by atoms with E-state index < -0.39 is 34.7 Å². The van der Waals surface area contributed by atoms with E-state index in [1.165, 1.54) is 11.8 Å². The van der Waals surface area contributed by atoms with E-state index in [0.717, 1.165) is 30.0 Å². The number of ether oxygens (including phenoxy) is 2. The minimum atomic E-state index is -1.08. The van der Waals surface area contributed by atoms with Crippen LogP contribution in [0.3, 0.4) is 0 Å². The van der Waals surface area contributed by atoms with Gasteiger partial charge < -0.3 is 9.47 Å². The lowest BCUT2D eigenvalue weighted by atomic mass is 9.75. The van der Waals surface area contributed by atoms with Crippen LogP contribution in [0.25, 0.3) is 0 Å². The van der Waals surface area contributed by atoms with E-state index in [1.807, 2.05) is 4.98 Å². The van der Waals surface area contributed by atoms with E-state index in [1.54, 1.807) is 0 Å². The van der Waals surface area contributed by atoms with Gasteiger partial charge in [0.1, 0.15) is 12.3 Å². The summed E-state index contributed by atoms with van der Waals surface area (Å²) in [6, 6.07) is 0. The molecule has 5 atom stereocenters. The van der Waals surface area contributed by atoms with Gasteiger partial charge in [-0.3, -0.25) is 14.3 Å². The van der Waals surface area contributed by atoms with Crippen LogP contribution in [0, 0.1) is 23.6 Å². The lowest BCUT2D eigenvalue weighted by Gasteiger charge is -2.37. The zero-order valence-corrected chi connectivity index (χ0v) is 16.5. The third-order valence-electron chi connectivity index (χ3n) is 5.33. The van der Waals surface area contributed by atoms with Crippen LogP contribution in [0.2, 0.25) is 0 Å². The van der Waals surface area contributed by atoms with Crippen LogP contribution in [0.1, 0.15) is 46.3 Å². The number of nitrogens with one attached hydrogen (secondary N) is 1. The number of H-pyrrole nitrogens is 1. The molecule has 1 saturated heterocycles. The van der Waals surface area contributed by atoms with Crippen LogP contribution in [0.4, 0.5) is 4.39 Å². The van der Waals surface area contributed by atoms with Crippen LogP contribution in [0.5, 0.6) is 0 Å². The molecule has 0 radical (unpaired) electrons. The van der Waals surface area contributed by atoms with E-state index in [2.05, 4.69) is 20.8 Å². The molecule has 2 fully saturated rings. The molecule has 1 aromatic heterocycles. The number of carbonyl (C=O) groups excluding carboxylic acids is 1. The Bertz CT molecular complexity index is 808. The van der Waals surface area contributed by atoms with Crippen molar-refractivity contribution < 1.29 is 18.7 Å². The number of aromatic amines is 1. The van der Waals surface area contributed by atoms with Gasteiger partial charge in [-0.25, -0.2) is 9.59 Å². The topological polar surface area (TPSA) is 90.4 Å². The lowest BCUT2D eigenvalue weighted by Crippen LogP contribution is -2.38. The SMILES string of the molecule is CC(C)[C@@H]1CC[C@@H](C)C[C@H]1OC(=O)[C@@H]1O[C@H](n2cc(F)c(=O)[nH]c2=O)CS1. The van der Waals surface area contributed by atoms with Crippen molar-refractivity contribution in [2.45, 2.75) is 57.8 Å². The van der Waals surface area contributed by atoms with Gasteiger partial charge in [0, 0.05) is 5.75 Å². The Morgan fingerprint density at radius 3 is 2.85 bits per heavy atom. The van der Waals surface area contributed by atoms with Crippen molar-refractivity contribution in [2.24, 2.45) is 17.8 Å². The van der Waals surface area contributed by atoms with E-state index in [0.29, 0.717) is 17.8 Å². The highest BCUT2D eigenvalue weighted by atomic mass is 32.2. The molecule has 1 aliphatic heterocycles. The summed E-state index contributed by atoms with van der Waals surface area (Å²) >= 11 is 1.20. The smallest absolute Gasteiger partial charge is 0.346 e. The average Bonchev–Trinajstić information content (AvgIpc) is 3.08. The molecular formula is C18H25FN2O5S. The Hall–Kier alpha value is -1.61.